The van der Waals surface area contributed by atoms with Gasteiger partial charge in [-0.1, -0.05) is 32.8 Å². The van der Waals surface area contributed by atoms with E-state index in [4.69, 9.17) is 0 Å². The Labute approximate surface area is 80.0 Å². The highest BCUT2D eigenvalue weighted by Gasteiger charge is 2.26. The molecule has 0 aliphatic rings. The zero-order valence-electron chi connectivity index (χ0n) is 8.87. The molecule has 0 heterocycles. The fourth-order valence-corrected chi connectivity index (χ4v) is 1.12. The van der Waals surface area contributed by atoms with Crippen molar-refractivity contribution in [3.8, 4) is 0 Å². The monoisotopic (exact) mass is 190 g/mol. The summed E-state index contributed by atoms with van der Waals surface area (Å²) in [5, 5.41) is 0. The third kappa shape index (κ3) is 5.02. The Bertz CT molecular complexity index is 156. The smallest absolute Gasteiger partial charge is 0.129 e. The fourth-order valence-electron chi connectivity index (χ4n) is 1.12. The summed E-state index contributed by atoms with van der Waals surface area (Å²) < 4.78 is 26.5. The number of rotatable bonds is 6. The SMILES string of the molecule is C=C(C(F)CCCCC)C(C)(C)F. The van der Waals surface area contributed by atoms with Crippen LogP contribution in [0.4, 0.5) is 8.78 Å². The fraction of sp³-hybridized carbons (Fsp3) is 0.818. The number of hydrogen-bond donors (Lipinski definition) is 0. The quantitative estimate of drug-likeness (QED) is 0.435. The van der Waals surface area contributed by atoms with E-state index in [0.29, 0.717) is 6.42 Å². The first kappa shape index (κ1) is 12.6. The lowest BCUT2D eigenvalue weighted by Crippen LogP contribution is -2.22. The summed E-state index contributed by atoms with van der Waals surface area (Å²) in [5.41, 5.74) is -1.52. The van der Waals surface area contributed by atoms with Crippen LogP contribution in [-0.2, 0) is 0 Å². The number of alkyl halides is 2. The minimum Gasteiger partial charge on any atom is -0.243 e. The van der Waals surface area contributed by atoms with Crippen LogP contribution in [0, 0.1) is 0 Å². The zero-order chi connectivity index (χ0) is 10.5. The van der Waals surface area contributed by atoms with Crippen LogP contribution >= 0.6 is 0 Å². The second kappa shape index (κ2) is 5.36. The molecule has 2 heteroatoms. The van der Waals surface area contributed by atoms with Gasteiger partial charge in [0.1, 0.15) is 11.8 Å². The second-order valence-corrected chi connectivity index (χ2v) is 3.96. The Balaban J connectivity index is 3.84. The summed E-state index contributed by atoms with van der Waals surface area (Å²) in [5.74, 6) is 0. The molecule has 1 unspecified atom stereocenters. The maximum absolute atomic E-state index is 13.3. The predicted octanol–water partition coefficient (Wildman–Crippen LogP) is 4.21. The maximum atomic E-state index is 13.3. The van der Waals surface area contributed by atoms with Gasteiger partial charge in [-0.2, -0.15) is 0 Å². The van der Waals surface area contributed by atoms with Gasteiger partial charge in [0.15, 0.2) is 0 Å². The summed E-state index contributed by atoms with van der Waals surface area (Å²) >= 11 is 0. The van der Waals surface area contributed by atoms with Crippen LogP contribution in [0.5, 0.6) is 0 Å². The first-order valence-corrected chi connectivity index (χ1v) is 4.91. The Hall–Kier alpha value is -0.400. The van der Waals surface area contributed by atoms with Crippen LogP contribution in [0.15, 0.2) is 12.2 Å². The van der Waals surface area contributed by atoms with E-state index in [1.807, 2.05) is 0 Å². The van der Waals surface area contributed by atoms with E-state index < -0.39 is 11.8 Å². The molecule has 0 N–H and O–H groups in total. The molecule has 0 aromatic rings. The summed E-state index contributed by atoms with van der Waals surface area (Å²) in [6.07, 6.45) is 2.08. The van der Waals surface area contributed by atoms with E-state index in [1.165, 1.54) is 13.8 Å². The number of halogens is 2. The maximum Gasteiger partial charge on any atom is 0.129 e. The summed E-state index contributed by atoms with van der Waals surface area (Å²) in [6.45, 7) is 8.21. The Kier molecular flexibility index (Phi) is 5.19. The molecule has 0 rings (SSSR count). The van der Waals surface area contributed by atoms with Crippen molar-refractivity contribution in [2.24, 2.45) is 0 Å². The van der Waals surface area contributed by atoms with Gasteiger partial charge in [-0.25, -0.2) is 8.78 Å². The third-order valence-corrected chi connectivity index (χ3v) is 2.20. The van der Waals surface area contributed by atoms with Crippen molar-refractivity contribution >= 4 is 0 Å². The molecule has 0 aromatic carbocycles. The van der Waals surface area contributed by atoms with Gasteiger partial charge in [0.25, 0.3) is 0 Å². The molecule has 0 bridgehead atoms. The molecule has 0 radical (unpaired) electrons. The van der Waals surface area contributed by atoms with Crippen LogP contribution in [0.3, 0.4) is 0 Å². The molecule has 1 atom stereocenters. The van der Waals surface area contributed by atoms with Crippen LogP contribution in [0.2, 0.25) is 0 Å². The van der Waals surface area contributed by atoms with Crippen molar-refractivity contribution in [1.29, 1.82) is 0 Å². The minimum absolute atomic E-state index is 0.0728. The van der Waals surface area contributed by atoms with Crippen molar-refractivity contribution in [1.82, 2.24) is 0 Å². The topological polar surface area (TPSA) is 0 Å². The van der Waals surface area contributed by atoms with Gasteiger partial charge in [0.2, 0.25) is 0 Å². The molecule has 0 nitrogen and oxygen atoms in total. The molecule has 0 aromatic heterocycles. The van der Waals surface area contributed by atoms with E-state index in [1.54, 1.807) is 0 Å². The normalized spacial score (nSPS) is 14.2. The predicted molar refractivity (Wildman–Crippen MR) is 53.4 cm³/mol. The third-order valence-electron chi connectivity index (χ3n) is 2.20. The first-order valence-electron chi connectivity index (χ1n) is 4.91. The highest BCUT2D eigenvalue weighted by molar-refractivity contribution is 5.14. The lowest BCUT2D eigenvalue weighted by atomic mass is 9.94. The van der Waals surface area contributed by atoms with E-state index in [9.17, 15) is 8.78 Å². The van der Waals surface area contributed by atoms with Gasteiger partial charge in [-0.15, -0.1) is 0 Å². The summed E-state index contributed by atoms with van der Waals surface area (Å²) in [6, 6.07) is 0. The Morgan fingerprint density at radius 3 is 2.31 bits per heavy atom. The largest absolute Gasteiger partial charge is 0.243 e. The van der Waals surface area contributed by atoms with Gasteiger partial charge in [0, 0.05) is 0 Å². The van der Waals surface area contributed by atoms with E-state index in [-0.39, 0.29) is 5.57 Å². The van der Waals surface area contributed by atoms with Gasteiger partial charge >= 0.3 is 0 Å². The highest BCUT2D eigenvalue weighted by atomic mass is 19.2. The molecule has 0 fully saturated rings. The van der Waals surface area contributed by atoms with Crippen LogP contribution < -0.4 is 0 Å². The molecule has 13 heavy (non-hydrogen) atoms. The average Bonchev–Trinajstić information content (AvgIpc) is 2.01. The standard InChI is InChI=1S/C11H20F2/c1-5-6-7-8-10(12)9(2)11(3,4)13/h10H,2,5-8H2,1,3-4H3. The number of allylic oxidation sites excluding steroid dienone is 1. The summed E-state index contributed by atoms with van der Waals surface area (Å²) in [4.78, 5) is 0. The van der Waals surface area contributed by atoms with Crippen LogP contribution in [0.25, 0.3) is 0 Å². The van der Waals surface area contributed by atoms with Crippen molar-refractivity contribution in [3.63, 3.8) is 0 Å². The first-order chi connectivity index (χ1) is 5.89. The van der Waals surface area contributed by atoms with Gasteiger partial charge in [-0.05, 0) is 25.8 Å². The van der Waals surface area contributed by atoms with Crippen molar-refractivity contribution in [3.05, 3.63) is 12.2 Å². The van der Waals surface area contributed by atoms with Gasteiger partial charge < -0.3 is 0 Å². The average molecular weight is 190 g/mol. The molecule has 0 amide bonds. The lowest BCUT2D eigenvalue weighted by molar-refractivity contribution is 0.216. The summed E-state index contributed by atoms with van der Waals surface area (Å²) in [7, 11) is 0. The molecule has 0 aliphatic carbocycles. The molecular formula is C11H20F2. The Morgan fingerprint density at radius 1 is 1.38 bits per heavy atom. The molecule has 0 saturated carbocycles. The lowest BCUT2D eigenvalue weighted by Gasteiger charge is -2.20. The highest BCUT2D eigenvalue weighted by Crippen LogP contribution is 2.26. The van der Waals surface area contributed by atoms with Gasteiger partial charge in [-0.3, -0.25) is 0 Å². The van der Waals surface area contributed by atoms with Crippen molar-refractivity contribution in [2.45, 2.75) is 58.3 Å². The molecule has 0 saturated heterocycles. The van der Waals surface area contributed by atoms with E-state index >= 15 is 0 Å². The molecule has 0 aliphatic heterocycles. The van der Waals surface area contributed by atoms with E-state index in [0.717, 1.165) is 19.3 Å². The zero-order valence-corrected chi connectivity index (χ0v) is 8.87. The van der Waals surface area contributed by atoms with Crippen LogP contribution in [0.1, 0.15) is 46.5 Å². The molecular weight excluding hydrogens is 170 g/mol. The van der Waals surface area contributed by atoms with Crippen molar-refractivity contribution < 1.29 is 8.78 Å². The molecule has 0 spiro atoms. The van der Waals surface area contributed by atoms with Crippen LogP contribution in [-0.4, -0.2) is 11.8 Å². The Morgan fingerprint density at radius 2 is 1.92 bits per heavy atom. The minimum atomic E-state index is -1.59. The number of unbranched alkanes of at least 4 members (excludes halogenated alkanes) is 2. The van der Waals surface area contributed by atoms with E-state index in [2.05, 4.69) is 13.5 Å². The molecule has 78 valence electrons. The van der Waals surface area contributed by atoms with Gasteiger partial charge in [0.05, 0.1) is 0 Å². The second-order valence-electron chi connectivity index (χ2n) is 3.96. The van der Waals surface area contributed by atoms with Crippen molar-refractivity contribution in [2.75, 3.05) is 0 Å². The number of hydrogen-bond acceptors (Lipinski definition) is 0.